The van der Waals surface area contributed by atoms with E-state index >= 15 is 0 Å². The number of carbonyl (C=O) groups is 2. The first kappa shape index (κ1) is 18.9. The van der Waals surface area contributed by atoms with E-state index in [1.54, 1.807) is 28.1 Å². The first-order chi connectivity index (χ1) is 13.0. The van der Waals surface area contributed by atoms with Crippen LogP contribution in [0.5, 0.6) is 0 Å². The molecule has 0 aromatic carbocycles. The number of aromatic nitrogens is 2. The second kappa shape index (κ2) is 8.66. The quantitative estimate of drug-likeness (QED) is 0.836. The summed E-state index contributed by atoms with van der Waals surface area (Å²) in [5, 5.41) is 3.20. The summed E-state index contributed by atoms with van der Waals surface area (Å²) in [5.41, 5.74) is 0.315. The van der Waals surface area contributed by atoms with Gasteiger partial charge in [-0.1, -0.05) is 13.8 Å². The van der Waals surface area contributed by atoms with E-state index in [0.717, 1.165) is 13.0 Å². The van der Waals surface area contributed by atoms with E-state index in [0.29, 0.717) is 49.4 Å². The van der Waals surface area contributed by atoms with Gasteiger partial charge in [0, 0.05) is 32.7 Å². The van der Waals surface area contributed by atoms with Crippen molar-refractivity contribution >= 4 is 17.6 Å². The molecule has 0 spiro atoms. The van der Waals surface area contributed by atoms with Crippen molar-refractivity contribution in [2.45, 2.75) is 20.3 Å². The lowest BCUT2D eigenvalue weighted by atomic mass is 10.1. The molecule has 8 heteroatoms. The van der Waals surface area contributed by atoms with Gasteiger partial charge in [-0.15, -0.1) is 0 Å². The lowest BCUT2D eigenvalue weighted by molar-refractivity contribution is 0.0515. The van der Waals surface area contributed by atoms with E-state index in [1.165, 1.54) is 12.5 Å². The SMILES string of the molecule is CC(C)CCNc1cnc(C(=O)N2CCN(C(=O)c3ccco3)CC2)cn1. The van der Waals surface area contributed by atoms with Crippen LogP contribution in [0.25, 0.3) is 0 Å². The average molecular weight is 371 g/mol. The summed E-state index contributed by atoms with van der Waals surface area (Å²) in [6.45, 7) is 7.00. The minimum Gasteiger partial charge on any atom is -0.459 e. The minimum absolute atomic E-state index is 0.149. The van der Waals surface area contributed by atoms with Gasteiger partial charge in [-0.25, -0.2) is 9.97 Å². The number of furan rings is 1. The number of hydrogen-bond donors (Lipinski definition) is 1. The minimum atomic E-state index is -0.165. The second-order valence-corrected chi connectivity index (χ2v) is 6.96. The summed E-state index contributed by atoms with van der Waals surface area (Å²) >= 11 is 0. The van der Waals surface area contributed by atoms with Crippen LogP contribution in [0.15, 0.2) is 35.2 Å². The molecule has 3 heterocycles. The third-order valence-corrected chi connectivity index (χ3v) is 4.48. The molecule has 0 unspecified atom stereocenters. The topological polar surface area (TPSA) is 91.6 Å². The Morgan fingerprint density at radius 3 is 2.37 bits per heavy atom. The molecule has 0 saturated carbocycles. The Morgan fingerprint density at radius 1 is 1.11 bits per heavy atom. The zero-order chi connectivity index (χ0) is 19.2. The number of hydrogen-bond acceptors (Lipinski definition) is 6. The van der Waals surface area contributed by atoms with Crippen LogP contribution in [-0.4, -0.2) is 64.3 Å². The lowest BCUT2D eigenvalue weighted by Crippen LogP contribution is -2.50. The fourth-order valence-electron chi connectivity index (χ4n) is 2.85. The Hall–Kier alpha value is -2.90. The summed E-state index contributed by atoms with van der Waals surface area (Å²) in [6, 6.07) is 3.33. The molecular formula is C19H25N5O3. The number of nitrogens with one attached hydrogen (secondary N) is 1. The molecule has 0 atom stereocenters. The second-order valence-electron chi connectivity index (χ2n) is 6.96. The van der Waals surface area contributed by atoms with Gasteiger partial charge in [0.05, 0.1) is 18.7 Å². The Kier molecular flexibility index (Phi) is 6.05. The van der Waals surface area contributed by atoms with Crippen molar-refractivity contribution in [2.75, 3.05) is 38.0 Å². The molecule has 2 amide bonds. The maximum atomic E-state index is 12.6. The predicted molar refractivity (Wildman–Crippen MR) is 100 cm³/mol. The molecular weight excluding hydrogens is 346 g/mol. The third-order valence-electron chi connectivity index (χ3n) is 4.48. The Bertz CT molecular complexity index is 750. The van der Waals surface area contributed by atoms with Crippen molar-refractivity contribution in [2.24, 2.45) is 5.92 Å². The van der Waals surface area contributed by atoms with Gasteiger partial charge in [-0.05, 0) is 24.5 Å². The van der Waals surface area contributed by atoms with Gasteiger partial charge in [-0.3, -0.25) is 9.59 Å². The maximum Gasteiger partial charge on any atom is 0.289 e. The number of rotatable bonds is 6. The van der Waals surface area contributed by atoms with Gasteiger partial charge in [-0.2, -0.15) is 0 Å². The molecule has 2 aromatic heterocycles. The van der Waals surface area contributed by atoms with E-state index in [-0.39, 0.29) is 11.8 Å². The van der Waals surface area contributed by atoms with E-state index < -0.39 is 0 Å². The van der Waals surface area contributed by atoms with E-state index in [1.807, 2.05) is 0 Å². The van der Waals surface area contributed by atoms with Crippen LogP contribution in [0.1, 0.15) is 41.3 Å². The van der Waals surface area contributed by atoms with Crippen LogP contribution < -0.4 is 5.32 Å². The Labute approximate surface area is 158 Å². The lowest BCUT2D eigenvalue weighted by Gasteiger charge is -2.34. The maximum absolute atomic E-state index is 12.6. The molecule has 1 N–H and O–H groups in total. The van der Waals surface area contributed by atoms with E-state index in [2.05, 4.69) is 29.1 Å². The van der Waals surface area contributed by atoms with Crippen LogP contribution in [0.4, 0.5) is 5.82 Å². The number of piperazine rings is 1. The molecule has 0 aliphatic carbocycles. The number of anilines is 1. The van der Waals surface area contributed by atoms with Gasteiger partial charge >= 0.3 is 0 Å². The normalized spacial score (nSPS) is 14.5. The standard InChI is InChI=1S/C19H25N5O3/c1-14(2)5-6-20-17-13-21-15(12-22-17)18(25)23-7-9-24(10-8-23)19(26)16-4-3-11-27-16/h3-4,11-14H,5-10H2,1-2H3,(H,20,22). The van der Waals surface area contributed by atoms with Crippen molar-refractivity contribution < 1.29 is 14.0 Å². The van der Waals surface area contributed by atoms with Crippen molar-refractivity contribution in [3.8, 4) is 0 Å². The zero-order valence-electron chi connectivity index (χ0n) is 15.7. The highest BCUT2D eigenvalue weighted by Gasteiger charge is 2.27. The zero-order valence-corrected chi connectivity index (χ0v) is 15.7. The highest BCUT2D eigenvalue weighted by atomic mass is 16.3. The highest BCUT2D eigenvalue weighted by Crippen LogP contribution is 2.12. The number of amides is 2. The van der Waals surface area contributed by atoms with E-state index in [4.69, 9.17) is 4.42 Å². The molecule has 8 nitrogen and oxygen atoms in total. The van der Waals surface area contributed by atoms with Gasteiger partial charge in [0.25, 0.3) is 11.8 Å². The Morgan fingerprint density at radius 2 is 1.81 bits per heavy atom. The van der Waals surface area contributed by atoms with Gasteiger partial charge in [0.1, 0.15) is 11.5 Å². The Balaban J connectivity index is 1.51. The van der Waals surface area contributed by atoms with Crippen LogP contribution in [0, 0.1) is 5.92 Å². The molecule has 2 aromatic rings. The van der Waals surface area contributed by atoms with Crippen molar-refractivity contribution in [3.05, 3.63) is 42.2 Å². The van der Waals surface area contributed by atoms with Gasteiger partial charge in [0.2, 0.25) is 0 Å². The average Bonchev–Trinajstić information content (AvgIpc) is 3.22. The fraction of sp³-hybridized carbons (Fsp3) is 0.474. The third kappa shape index (κ3) is 4.84. The van der Waals surface area contributed by atoms with Crippen molar-refractivity contribution in [3.63, 3.8) is 0 Å². The first-order valence-corrected chi connectivity index (χ1v) is 9.22. The summed E-state index contributed by atoms with van der Waals surface area (Å²) in [7, 11) is 0. The summed E-state index contributed by atoms with van der Waals surface area (Å²) in [4.78, 5) is 36.8. The summed E-state index contributed by atoms with van der Waals surface area (Å²) in [5.74, 6) is 1.29. The fourth-order valence-corrected chi connectivity index (χ4v) is 2.85. The number of nitrogens with zero attached hydrogens (tertiary/aromatic N) is 4. The molecule has 0 radical (unpaired) electrons. The molecule has 1 aliphatic rings. The summed E-state index contributed by atoms with van der Waals surface area (Å²) < 4.78 is 5.15. The molecule has 144 valence electrons. The van der Waals surface area contributed by atoms with Crippen LogP contribution in [0.3, 0.4) is 0 Å². The van der Waals surface area contributed by atoms with Gasteiger partial charge < -0.3 is 19.5 Å². The predicted octanol–water partition coefficient (Wildman–Crippen LogP) is 2.13. The summed E-state index contributed by atoms with van der Waals surface area (Å²) in [6.07, 6.45) is 5.61. The van der Waals surface area contributed by atoms with E-state index in [9.17, 15) is 9.59 Å². The van der Waals surface area contributed by atoms with Crippen LogP contribution >= 0.6 is 0 Å². The van der Waals surface area contributed by atoms with Crippen LogP contribution in [-0.2, 0) is 0 Å². The van der Waals surface area contributed by atoms with Gasteiger partial charge in [0.15, 0.2) is 5.76 Å². The molecule has 1 saturated heterocycles. The molecule has 1 aliphatic heterocycles. The first-order valence-electron chi connectivity index (χ1n) is 9.22. The smallest absolute Gasteiger partial charge is 0.289 e. The number of carbonyl (C=O) groups excluding carboxylic acids is 2. The highest BCUT2D eigenvalue weighted by molar-refractivity contribution is 5.93. The van der Waals surface area contributed by atoms with Crippen molar-refractivity contribution in [1.82, 2.24) is 19.8 Å². The molecule has 27 heavy (non-hydrogen) atoms. The van der Waals surface area contributed by atoms with Crippen molar-refractivity contribution in [1.29, 1.82) is 0 Å². The molecule has 3 rings (SSSR count). The largest absolute Gasteiger partial charge is 0.459 e. The monoisotopic (exact) mass is 371 g/mol. The molecule has 1 fully saturated rings. The van der Waals surface area contributed by atoms with Crippen LogP contribution in [0.2, 0.25) is 0 Å². The molecule has 0 bridgehead atoms.